The Kier molecular flexibility index (Phi) is 6.28. The fourth-order valence-corrected chi connectivity index (χ4v) is 2.47. The number of nitrogens with two attached hydrogens (primary N) is 1. The van der Waals surface area contributed by atoms with Crippen molar-refractivity contribution in [2.45, 2.75) is 38.2 Å². The van der Waals surface area contributed by atoms with Crippen molar-refractivity contribution in [3.63, 3.8) is 0 Å². The Labute approximate surface area is 98.1 Å². The smallest absolute Gasteiger partial charge is 0.0807 e. The van der Waals surface area contributed by atoms with Crippen LogP contribution in [0.2, 0.25) is 0 Å². The highest BCUT2D eigenvalue weighted by molar-refractivity contribution is 4.87. The number of rotatable bonds is 7. The summed E-state index contributed by atoms with van der Waals surface area (Å²) in [5.74, 6) is 0.704. The van der Waals surface area contributed by atoms with E-state index in [0.717, 1.165) is 12.8 Å². The Morgan fingerprint density at radius 1 is 1.38 bits per heavy atom. The van der Waals surface area contributed by atoms with Crippen LogP contribution in [-0.4, -0.2) is 43.7 Å². The van der Waals surface area contributed by atoms with E-state index < -0.39 is 0 Å². The molecule has 0 spiro atoms. The number of hydrogen-bond acceptors (Lipinski definition) is 4. The lowest BCUT2D eigenvalue weighted by Crippen LogP contribution is -2.45. The zero-order chi connectivity index (χ0) is 11.9. The predicted octanol–water partition coefficient (Wildman–Crippen LogP) is 0.919. The zero-order valence-electron chi connectivity index (χ0n) is 10.3. The van der Waals surface area contributed by atoms with Gasteiger partial charge in [0, 0.05) is 6.54 Å². The van der Waals surface area contributed by atoms with E-state index >= 15 is 0 Å². The average Bonchev–Trinajstić information content (AvgIpc) is 2.29. The molecule has 0 aromatic rings. The second-order valence-electron chi connectivity index (χ2n) is 4.77. The monoisotopic (exact) mass is 231 g/mol. The van der Waals surface area contributed by atoms with Gasteiger partial charge in [0.1, 0.15) is 0 Å². The molecule has 0 amide bonds. The van der Waals surface area contributed by atoms with E-state index in [1.54, 1.807) is 0 Å². The van der Waals surface area contributed by atoms with Crippen molar-refractivity contribution in [3.8, 4) is 0 Å². The summed E-state index contributed by atoms with van der Waals surface area (Å²) in [5, 5.41) is 8.56. The Balaban J connectivity index is 2.24. The summed E-state index contributed by atoms with van der Waals surface area (Å²) in [6, 6.07) is 0. The first kappa shape index (κ1) is 13.9. The van der Waals surface area contributed by atoms with Gasteiger partial charge in [0.05, 0.1) is 32.0 Å². The summed E-state index contributed by atoms with van der Waals surface area (Å²) in [6.07, 6.45) is 4.61. The Bertz CT molecular complexity index is 189. The van der Waals surface area contributed by atoms with Crippen LogP contribution in [0.15, 0.2) is 0 Å². The van der Waals surface area contributed by atoms with Crippen LogP contribution in [0.3, 0.4) is 0 Å². The largest absolute Gasteiger partial charge is 0.394 e. The van der Waals surface area contributed by atoms with Gasteiger partial charge in [-0.05, 0) is 18.8 Å². The molecule has 1 fully saturated rings. The maximum Gasteiger partial charge on any atom is 0.0807 e. The average molecular weight is 231 g/mol. The highest BCUT2D eigenvalue weighted by atomic mass is 16.5. The lowest BCUT2D eigenvalue weighted by Gasteiger charge is -2.39. The molecule has 0 aliphatic heterocycles. The lowest BCUT2D eigenvalue weighted by atomic mass is 9.79. The molecule has 3 N–H and O–H groups in total. The lowest BCUT2D eigenvalue weighted by molar-refractivity contribution is -0.0921. The minimum absolute atomic E-state index is 0.0685. The third-order valence-corrected chi connectivity index (χ3v) is 3.29. The zero-order valence-corrected chi connectivity index (χ0v) is 10.3. The van der Waals surface area contributed by atoms with Crippen LogP contribution in [-0.2, 0) is 9.47 Å². The van der Waals surface area contributed by atoms with Gasteiger partial charge in [-0.2, -0.15) is 0 Å². The first-order valence-electron chi connectivity index (χ1n) is 6.25. The molecule has 96 valence electrons. The summed E-state index contributed by atoms with van der Waals surface area (Å²) < 4.78 is 11.1. The first-order valence-corrected chi connectivity index (χ1v) is 6.25. The van der Waals surface area contributed by atoms with Crippen molar-refractivity contribution in [3.05, 3.63) is 0 Å². The summed E-state index contributed by atoms with van der Waals surface area (Å²) in [4.78, 5) is 0. The molecule has 0 bridgehead atoms. The molecule has 16 heavy (non-hydrogen) atoms. The summed E-state index contributed by atoms with van der Waals surface area (Å²) in [6.45, 7) is 4.42. The predicted molar refractivity (Wildman–Crippen MR) is 63.3 cm³/mol. The fourth-order valence-electron chi connectivity index (χ4n) is 2.47. The molecule has 0 heterocycles. The van der Waals surface area contributed by atoms with Crippen LogP contribution >= 0.6 is 0 Å². The molecule has 1 aliphatic carbocycles. The Hall–Kier alpha value is -0.160. The van der Waals surface area contributed by atoms with Crippen molar-refractivity contribution >= 4 is 0 Å². The van der Waals surface area contributed by atoms with E-state index in [-0.39, 0.29) is 12.2 Å². The third kappa shape index (κ3) is 4.37. The molecule has 1 rings (SSSR count). The Morgan fingerprint density at radius 3 is 2.81 bits per heavy atom. The van der Waals surface area contributed by atoms with Gasteiger partial charge in [0.2, 0.25) is 0 Å². The van der Waals surface area contributed by atoms with Gasteiger partial charge < -0.3 is 20.3 Å². The van der Waals surface area contributed by atoms with E-state index in [1.807, 2.05) is 0 Å². The van der Waals surface area contributed by atoms with Gasteiger partial charge in [-0.3, -0.25) is 0 Å². The van der Waals surface area contributed by atoms with Gasteiger partial charge in [0.25, 0.3) is 0 Å². The van der Waals surface area contributed by atoms with E-state index in [1.165, 1.54) is 12.8 Å². The molecule has 0 saturated heterocycles. The van der Waals surface area contributed by atoms with Crippen molar-refractivity contribution in [2.75, 3.05) is 33.0 Å². The van der Waals surface area contributed by atoms with Crippen molar-refractivity contribution in [1.82, 2.24) is 0 Å². The molecule has 1 saturated carbocycles. The van der Waals surface area contributed by atoms with Gasteiger partial charge in [-0.1, -0.05) is 19.8 Å². The molecule has 1 aliphatic rings. The van der Waals surface area contributed by atoms with Crippen LogP contribution in [0.4, 0.5) is 0 Å². The fraction of sp³-hybridized carbons (Fsp3) is 1.00. The molecule has 0 radical (unpaired) electrons. The highest BCUT2D eigenvalue weighted by Crippen LogP contribution is 2.34. The van der Waals surface area contributed by atoms with Gasteiger partial charge in [-0.15, -0.1) is 0 Å². The molecule has 2 unspecified atom stereocenters. The maximum absolute atomic E-state index is 8.56. The van der Waals surface area contributed by atoms with E-state index in [4.69, 9.17) is 20.3 Å². The SMILES string of the molecule is CC1CCCC(CN)(OCCOCCO)C1. The molecular weight excluding hydrogens is 206 g/mol. The molecule has 0 aromatic heterocycles. The Morgan fingerprint density at radius 2 is 2.19 bits per heavy atom. The normalized spacial score (nSPS) is 30.6. The number of aliphatic hydroxyl groups excluding tert-OH is 1. The van der Waals surface area contributed by atoms with Crippen molar-refractivity contribution < 1.29 is 14.6 Å². The minimum atomic E-state index is -0.125. The molecule has 2 atom stereocenters. The van der Waals surface area contributed by atoms with Gasteiger partial charge in [0.15, 0.2) is 0 Å². The maximum atomic E-state index is 8.56. The van der Waals surface area contributed by atoms with Crippen LogP contribution in [0.1, 0.15) is 32.6 Å². The summed E-state index contributed by atoms with van der Waals surface area (Å²) >= 11 is 0. The van der Waals surface area contributed by atoms with Crippen molar-refractivity contribution in [1.29, 1.82) is 0 Å². The van der Waals surface area contributed by atoms with Gasteiger partial charge >= 0.3 is 0 Å². The van der Waals surface area contributed by atoms with Crippen LogP contribution < -0.4 is 5.73 Å². The number of hydrogen-bond donors (Lipinski definition) is 2. The highest BCUT2D eigenvalue weighted by Gasteiger charge is 2.34. The second-order valence-corrected chi connectivity index (χ2v) is 4.77. The standard InChI is InChI=1S/C12H25NO3/c1-11-3-2-4-12(9-11,10-13)16-8-7-15-6-5-14/h11,14H,2-10,13H2,1H3. The summed E-state index contributed by atoms with van der Waals surface area (Å²) in [5.41, 5.74) is 5.71. The molecule has 4 heteroatoms. The minimum Gasteiger partial charge on any atom is -0.394 e. The third-order valence-electron chi connectivity index (χ3n) is 3.29. The molecule has 0 aromatic carbocycles. The van der Waals surface area contributed by atoms with Crippen molar-refractivity contribution in [2.24, 2.45) is 11.7 Å². The quantitative estimate of drug-likeness (QED) is 0.639. The molecule has 4 nitrogen and oxygen atoms in total. The number of aliphatic hydroxyl groups is 1. The summed E-state index contributed by atoms with van der Waals surface area (Å²) in [7, 11) is 0. The van der Waals surface area contributed by atoms with E-state index in [9.17, 15) is 0 Å². The van der Waals surface area contributed by atoms with Crippen LogP contribution in [0.25, 0.3) is 0 Å². The number of ether oxygens (including phenoxy) is 2. The van der Waals surface area contributed by atoms with E-state index in [0.29, 0.717) is 32.3 Å². The van der Waals surface area contributed by atoms with Crippen LogP contribution in [0.5, 0.6) is 0 Å². The van der Waals surface area contributed by atoms with Crippen LogP contribution in [0, 0.1) is 5.92 Å². The van der Waals surface area contributed by atoms with Gasteiger partial charge in [-0.25, -0.2) is 0 Å². The molecular formula is C12H25NO3. The van der Waals surface area contributed by atoms with E-state index in [2.05, 4.69) is 6.92 Å². The second kappa shape index (κ2) is 7.22. The topological polar surface area (TPSA) is 64.7 Å². The first-order chi connectivity index (χ1) is 7.72.